The van der Waals surface area contributed by atoms with E-state index in [2.05, 4.69) is 42.0 Å². The molecule has 0 saturated carbocycles. The third-order valence-corrected chi connectivity index (χ3v) is 3.89. The summed E-state index contributed by atoms with van der Waals surface area (Å²) in [7, 11) is 0. The quantitative estimate of drug-likeness (QED) is 0.855. The van der Waals surface area contributed by atoms with Gasteiger partial charge in [0.25, 0.3) is 0 Å². The van der Waals surface area contributed by atoms with Gasteiger partial charge < -0.3 is 5.73 Å². The molecule has 1 heterocycles. The fourth-order valence-corrected chi connectivity index (χ4v) is 2.54. The molecule has 0 atom stereocenters. The number of hydrogen-bond donors (Lipinski definition) is 1. The molecular weight excluding hydrogens is 282 g/mol. The van der Waals surface area contributed by atoms with Crippen LogP contribution in [0.15, 0.2) is 46.4 Å². The lowest BCUT2D eigenvalue weighted by atomic mass is 9.97. The standard InChI is InChI=1S/C17H16ClN3/c1-10-3-4-12(7-11(10)2)17-14-8-13(18)5-6-15(14)21-16(19)9-20-17/h3-8H,9H2,1-2H3,(H2,19,21). The molecule has 0 unspecified atom stereocenters. The second-order valence-electron chi connectivity index (χ2n) is 5.23. The minimum atomic E-state index is 0.397. The fourth-order valence-electron chi connectivity index (χ4n) is 2.37. The van der Waals surface area contributed by atoms with Crippen molar-refractivity contribution in [1.82, 2.24) is 0 Å². The van der Waals surface area contributed by atoms with Crippen LogP contribution in [0.3, 0.4) is 0 Å². The maximum Gasteiger partial charge on any atom is 0.121 e. The zero-order chi connectivity index (χ0) is 15.0. The first-order chi connectivity index (χ1) is 10.0. The van der Waals surface area contributed by atoms with Gasteiger partial charge in [-0.1, -0.05) is 23.7 Å². The highest BCUT2D eigenvalue weighted by Gasteiger charge is 2.16. The zero-order valence-electron chi connectivity index (χ0n) is 12.0. The van der Waals surface area contributed by atoms with Crippen molar-refractivity contribution in [3.63, 3.8) is 0 Å². The predicted molar refractivity (Wildman–Crippen MR) is 89.2 cm³/mol. The van der Waals surface area contributed by atoms with Gasteiger partial charge >= 0.3 is 0 Å². The van der Waals surface area contributed by atoms with Gasteiger partial charge in [0, 0.05) is 16.1 Å². The van der Waals surface area contributed by atoms with Crippen molar-refractivity contribution >= 4 is 28.8 Å². The maximum absolute atomic E-state index is 6.14. The summed E-state index contributed by atoms with van der Waals surface area (Å²) in [5.41, 5.74) is 12.1. The summed E-state index contributed by atoms with van der Waals surface area (Å²) >= 11 is 6.14. The first-order valence-electron chi connectivity index (χ1n) is 6.79. The van der Waals surface area contributed by atoms with E-state index in [0.717, 1.165) is 22.5 Å². The summed E-state index contributed by atoms with van der Waals surface area (Å²) in [5, 5.41) is 0.668. The molecule has 3 rings (SSSR count). The molecule has 0 fully saturated rings. The first kappa shape index (κ1) is 13.8. The normalized spacial score (nSPS) is 14.0. The number of aryl methyl sites for hydroxylation is 2. The molecule has 1 aliphatic heterocycles. The van der Waals surface area contributed by atoms with E-state index in [9.17, 15) is 0 Å². The summed E-state index contributed by atoms with van der Waals surface area (Å²) in [6.07, 6.45) is 0. The van der Waals surface area contributed by atoms with Crippen molar-refractivity contribution in [2.45, 2.75) is 13.8 Å². The third kappa shape index (κ3) is 2.69. The highest BCUT2D eigenvalue weighted by atomic mass is 35.5. The van der Waals surface area contributed by atoms with Gasteiger partial charge in [-0.15, -0.1) is 0 Å². The van der Waals surface area contributed by atoms with Crippen LogP contribution < -0.4 is 5.73 Å². The number of rotatable bonds is 1. The molecule has 3 nitrogen and oxygen atoms in total. The summed E-state index contributed by atoms with van der Waals surface area (Å²) in [6.45, 7) is 4.59. The van der Waals surface area contributed by atoms with Crippen LogP contribution in [0.2, 0.25) is 5.02 Å². The summed E-state index contributed by atoms with van der Waals surface area (Å²) in [4.78, 5) is 9.05. The van der Waals surface area contributed by atoms with E-state index in [0.29, 0.717) is 17.4 Å². The van der Waals surface area contributed by atoms with Gasteiger partial charge in [0.15, 0.2) is 0 Å². The minimum Gasteiger partial charge on any atom is -0.386 e. The molecule has 0 aliphatic carbocycles. The predicted octanol–water partition coefficient (Wildman–Crippen LogP) is 3.80. The van der Waals surface area contributed by atoms with Crippen LogP contribution in [0.4, 0.5) is 5.69 Å². The molecule has 0 saturated heterocycles. The van der Waals surface area contributed by atoms with Crippen LogP contribution in [-0.2, 0) is 0 Å². The Balaban J connectivity index is 2.20. The smallest absolute Gasteiger partial charge is 0.121 e. The Bertz CT molecular complexity index is 776. The van der Waals surface area contributed by atoms with E-state index in [4.69, 9.17) is 17.3 Å². The second kappa shape index (κ2) is 5.34. The summed E-state index contributed by atoms with van der Waals surface area (Å²) < 4.78 is 0. The first-order valence-corrected chi connectivity index (χ1v) is 7.17. The maximum atomic E-state index is 6.14. The van der Waals surface area contributed by atoms with Crippen molar-refractivity contribution < 1.29 is 0 Å². The van der Waals surface area contributed by atoms with Gasteiger partial charge in [-0.05, 0) is 49.2 Å². The fraction of sp³-hybridized carbons (Fsp3) is 0.176. The lowest BCUT2D eigenvalue weighted by molar-refractivity contribution is 1.26. The topological polar surface area (TPSA) is 50.7 Å². The lowest BCUT2D eigenvalue weighted by Crippen LogP contribution is -2.14. The van der Waals surface area contributed by atoms with E-state index >= 15 is 0 Å². The van der Waals surface area contributed by atoms with Crippen molar-refractivity contribution in [2.24, 2.45) is 15.7 Å². The van der Waals surface area contributed by atoms with Crippen molar-refractivity contribution in [3.8, 4) is 0 Å². The summed E-state index contributed by atoms with van der Waals surface area (Å²) in [6, 6.07) is 11.9. The average Bonchev–Trinajstić information content (AvgIpc) is 2.60. The lowest BCUT2D eigenvalue weighted by Gasteiger charge is -2.10. The van der Waals surface area contributed by atoms with Gasteiger partial charge in [-0.25, -0.2) is 4.99 Å². The molecule has 106 valence electrons. The molecule has 2 aromatic rings. The highest BCUT2D eigenvalue weighted by molar-refractivity contribution is 6.31. The molecular formula is C17H16ClN3. The Kier molecular flexibility index (Phi) is 3.52. The van der Waals surface area contributed by atoms with E-state index in [-0.39, 0.29) is 0 Å². The van der Waals surface area contributed by atoms with Gasteiger partial charge in [0.05, 0.1) is 17.9 Å². The number of nitrogens with zero attached hydrogens (tertiary/aromatic N) is 2. The average molecular weight is 298 g/mol. The van der Waals surface area contributed by atoms with Crippen molar-refractivity contribution in [1.29, 1.82) is 0 Å². The van der Waals surface area contributed by atoms with E-state index in [1.54, 1.807) is 0 Å². The van der Waals surface area contributed by atoms with E-state index in [1.165, 1.54) is 11.1 Å². The number of benzene rings is 2. The molecule has 4 heteroatoms. The van der Waals surface area contributed by atoms with Crippen LogP contribution in [0.25, 0.3) is 0 Å². The molecule has 0 spiro atoms. The molecule has 1 aliphatic rings. The van der Waals surface area contributed by atoms with Crippen LogP contribution in [0, 0.1) is 13.8 Å². The number of amidine groups is 1. The molecule has 21 heavy (non-hydrogen) atoms. The molecule has 2 N–H and O–H groups in total. The van der Waals surface area contributed by atoms with Crippen LogP contribution in [0.5, 0.6) is 0 Å². The SMILES string of the molecule is Cc1ccc(C2=NCC(N)=Nc3ccc(Cl)cc32)cc1C. The molecule has 0 amide bonds. The number of fused-ring (bicyclic) bond motifs is 1. The van der Waals surface area contributed by atoms with Crippen LogP contribution >= 0.6 is 11.6 Å². The van der Waals surface area contributed by atoms with Crippen LogP contribution in [0.1, 0.15) is 22.3 Å². The van der Waals surface area contributed by atoms with E-state index < -0.39 is 0 Å². The second-order valence-corrected chi connectivity index (χ2v) is 5.66. The van der Waals surface area contributed by atoms with Gasteiger partial charge in [-0.3, -0.25) is 4.99 Å². The van der Waals surface area contributed by atoms with Gasteiger partial charge in [-0.2, -0.15) is 0 Å². The molecule has 0 bridgehead atoms. The Hall–Kier alpha value is -2.13. The largest absolute Gasteiger partial charge is 0.386 e. The Morgan fingerprint density at radius 3 is 2.62 bits per heavy atom. The molecule has 2 aromatic carbocycles. The highest BCUT2D eigenvalue weighted by Crippen LogP contribution is 2.28. The Morgan fingerprint density at radius 2 is 1.86 bits per heavy atom. The minimum absolute atomic E-state index is 0.397. The number of hydrogen-bond acceptors (Lipinski definition) is 3. The summed E-state index contributed by atoms with van der Waals surface area (Å²) in [5.74, 6) is 0.511. The third-order valence-electron chi connectivity index (χ3n) is 3.66. The number of aliphatic imine (C=N–C) groups is 2. The van der Waals surface area contributed by atoms with Crippen molar-refractivity contribution in [2.75, 3.05) is 6.54 Å². The Labute approximate surface area is 129 Å². The number of nitrogens with two attached hydrogens (primary N) is 1. The Morgan fingerprint density at radius 1 is 1.05 bits per heavy atom. The number of halogens is 1. The molecule has 0 aromatic heterocycles. The molecule has 0 radical (unpaired) electrons. The zero-order valence-corrected chi connectivity index (χ0v) is 12.8. The van der Waals surface area contributed by atoms with Gasteiger partial charge in [0.1, 0.15) is 5.84 Å². The van der Waals surface area contributed by atoms with Crippen LogP contribution in [-0.4, -0.2) is 18.1 Å². The van der Waals surface area contributed by atoms with Gasteiger partial charge in [0.2, 0.25) is 0 Å². The van der Waals surface area contributed by atoms with E-state index in [1.807, 2.05) is 18.2 Å². The monoisotopic (exact) mass is 297 g/mol. The van der Waals surface area contributed by atoms with Crippen molar-refractivity contribution in [3.05, 3.63) is 63.7 Å².